The molecule has 0 radical (unpaired) electrons. The number of ether oxygens (including phenoxy) is 1. The summed E-state index contributed by atoms with van der Waals surface area (Å²) in [4.78, 5) is 0. The second-order valence-corrected chi connectivity index (χ2v) is 3.90. The normalized spacial score (nSPS) is 23.0. The first-order valence-electron chi connectivity index (χ1n) is 4.74. The lowest BCUT2D eigenvalue weighted by atomic mass is 9.89. The molecule has 0 aromatic heterocycles. The van der Waals surface area contributed by atoms with Crippen molar-refractivity contribution < 1.29 is 4.74 Å². The van der Waals surface area contributed by atoms with Gasteiger partial charge >= 0.3 is 0 Å². The summed E-state index contributed by atoms with van der Waals surface area (Å²) in [7, 11) is 0. The van der Waals surface area contributed by atoms with Crippen LogP contribution in [0, 0.1) is 0 Å². The zero-order valence-electron chi connectivity index (χ0n) is 8.10. The van der Waals surface area contributed by atoms with Gasteiger partial charge in [-0.05, 0) is 12.8 Å². The molecule has 0 atom stereocenters. The number of rotatable bonds is 3. The molecule has 0 unspecified atom stereocenters. The quantitative estimate of drug-likeness (QED) is 0.651. The van der Waals surface area contributed by atoms with Crippen LogP contribution in [0.5, 0.6) is 0 Å². The molecule has 1 aliphatic rings. The lowest BCUT2D eigenvalue weighted by molar-refractivity contribution is 0.0382. The van der Waals surface area contributed by atoms with E-state index in [1.54, 1.807) is 0 Å². The van der Waals surface area contributed by atoms with Gasteiger partial charge < -0.3 is 15.8 Å². The maximum absolute atomic E-state index is 5.77. The highest BCUT2D eigenvalue weighted by atomic mass is 16.5. The molecule has 0 saturated carbocycles. The van der Waals surface area contributed by atoms with Gasteiger partial charge in [0.1, 0.15) is 0 Å². The van der Waals surface area contributed by atoms with E-state index < -0.39 is 0 Å². The van der Waals surface area contributed by atoms with Crippen LogP contribution in [-0.4, -0.2) is 31.3 Å². The predicted molar refractivity (Wildman–Crippen MR) is 50.1 cm³/mol. The van der Waals surface area contributed by atoms with Crippen molar-refractivity contribution in [1.82, 2.24) is 5.32 Å². The van der Waals surface area contributed by atoms with Crippen LogP contribution in [0.15, 0.2) is 0 Å². The van der Waals surface area contributed by atoms with E-state index >= 15 is 0 Å². The number of nitrogens with one attached hydrogen (secondary N) is 1. The van der Waals surface area contributed by atoms with Crippen molar-refractivity contribution in [2.45, 2.75) is 38.3 Å². The molecule has 72 valence electrons. The summed E-state index contributed by atoms with van der Waals surface area (Å²) in [6, 6.07) is 0.506. The van der Waals surface area contributed by atoms with Gasteiger partial charge in [0, 0.05) is 31.3 Å². The molecule has 1 fully saturated rings. The monoisotopic (exact) mass is 172 g/mol. The summed E-state index contributed by atoms with van der Waals surface area (Å²) in [5, 5.41) is 3.54. The molecule has 0 spiro atoms. The Bertz CT molecular complexity index is 130. The van der Waals surface area contributed by atoms with Crippen molar-refractivity contribution >= 4 is 0 Å². The second kappa shape index (κ2) is 4.21. The summed E-state index contributed by atoms with van der Waals surface area (Å²) in [5.41, 5.74) is 5.91. The van der Waals surface area contributed by atoms with Crippen molar-refractivity contribution in [3.63, 3.8) is 0 Å². The molecule has 3 N–H and O–H groups in total. The largest absolute Gasteiger partial charge is 0.381 e. The van der Waals surface area contributed by atoms with Crippen molar-refractivity contribution in [3.8, 4) is 0 Å². The lowest BCUT2D eigenvalue weighted by Crippen LogP contribution is -2.56. The van der Waals surface area contributed by atoms with Gasteiger partial charge in [-0.3, -0.25) is 0 Å². The van der Waals surface area contributed by atoms with Gasteiger partial charge in [0.2, 0.25) is 0 Å². The van der Waals surface area contributed by atoms with Crippen LogP contribution in [0.3, 0.4) is 0 Å². The number of hydrogen-bond donors (Lipinski definition) is 2. The number of hydrogen-bond acceptors (Lipinski definition) is 3. The first-order valence-corrected chi connectivity index (χ1v) is 4.74. The Hall–Kier alpha value is -0.120. The van der Waals surface area contributed by atoms with Crippen LogP contribution in [0.1, 0.15) is 26.7 Å². The third-order valence-corrected chi connectivity index (χ3v) is 2.44. The Balaban J connectivity index is 2.48. The summed E-state index contributed by atoms with van der Waals surface area (Å²) < 4.78 is 5.31. The molecule has 12 heavy (non-hydrogen) atoms. The highest BCUT2D eigenvalue weighted by Gasteiger charge is 2.30. The van der Waals surface area contributed by atoms with Crippen molar-refractivity contribution in [3.05, 3.63) is 0 Å². The predicted octanol–water partition coefficient (Wildman–Crippen LogP) is 0.492. The molecule has 0 aliphatic carbocycles. The fourth-order valence-corrected chi connectivity index (χ4v) is 1.78. The maximum Gasteiger partial charge on any atom is 0.0484 e. The SMILES string of the molecule is CC(C)NC1(CN)CCOCC1. The topological polar surface area (TPSA) is 47.3 Å². The Morgan fingerprint density at radius 1 is 1.42 bits per heavy atom. The van der Waals surface area contributed by atoms with Crippen LogP contribution < -0.4 is 11.1 Å². The molecule has 0 bridgehead atoms. The highest BCUT2D eigenvalue weighted by molar-refractivity contribution is 4.92. The van der Waals surface area contributed by atoms with E-state index in [2.05, 4.69) is 19.2 Å². The third kappa shape index (κ3) is 2.44. The molecule has 3 nitrogen and oxygen atoms in total. The van der Waals surface area contributed by atoms with E-state index in [-0.39, 0.29) is 5.54 Å². The molecule has 0 amide bonds. The Morgan fingerprint density at radius 2 is 2.00 bits per heavy atom. The standard InChI is InChI=1S/C9H20N2O/c1-8(2)11-9(7-10)3-5-12-6-4-9/h8,11H,3-7,10H2,1-2H3. The van der Waals surface area contributed by atoms with Crippen LogP contribution >= 0.6 is 0 Å². The van der Waals surface area contributed by atoms with Crippen LogP contribution in [0.4, 0.5) is 0 Å². The highest BCUT2D eigenvalue weighted by Crippen LogP contribution is 2.19. The average molecular weight is 172 g/mol. The van der Waals surface area contributed by atoms with Gasteiger partial charge in [-0.1, -0.05) is 13.8 Å². The van der Waals surface area contributed by atoms with E-state index in [0.717, 1.165) is 26.1 Å². The molecule has 1 aliphatic heterocycles. The van der Waals surface area contributed by atoms with E-state index in [4.69, 9.17) is 10.5 Å². The van der Waals surface area contributed by atoms with Gasteiger partial charge in [-0.15, -0.1) is 0 Å². The van der Waals surface area contributed by atoms with Crippen LogP contribution in [-0.2, 0) is 4.74 Å². The van der Waals surface area contributed by atoms with E-state index in [1.165, 1.54) is 0 Å². The fraction of sp³-hybridized carbons (Fsp3) is 1.00. The first kappa shape index (κ1) is 9.96. The fourth-order valence-electron chi connectivity index (χ4n) is 1.78. The Morgan fingerprint density at radius 3 is 2.42 bits per heavy atom. The van der Waals surface area contributed by atoms with E-state index in [1.807, 2.05) is 0 Å². The maximum atomic E-state index is 5.77. The van der Waals surface area contributed by atoms with E-state index in [0.29, 0.717) is 12.6 Å². The van der Waals surface area contributed by atoms with Gasteiger partial charge in [-0.25, -0.2) is 0 Å². The minimum absolute atomic E-state index is 0.145. The Kier molecular flexibility index (Phi) is 3.50. The summed E-state index contributed by atoms with van der Waals surface area (Å²) >= 11 is 0. The molecular weight excluding hydrogens is 152 g/mol. The zero-order chi connectivity index (χ0) is 9.03. The molecule has 3 heteroatoms. The number of nitrogens with two attached hydrogens (primary N) is 1. The summed E-state index contributed by atoms with van der Waals surface area (Å²) in [6.45, 7) is 6.72. The molecule has 0 aromatic carbocycles. The summed E-state index contributed by atoms with van der Waals surface area (Å²) in [5.74, 6) is 0. The smallest absolute Gasteiger partial charge is 0.0484 e. The molecular formula is C9H20N2O. The van der Waals surface area contributed by atoms with Crippen molar-refractivity contribution in [1.29, 1.82) is 0 Å². The zero-order valence-corrected chi connectivity index (χ0v) is 8.10. The minimum Gasteiger partial charge on any atom is -0.381 e. The van der Waals surface area contributed by atoms with Crippen molar-refractivity contribution in [2.75, 3.05) is 19.8 Å². The Labute approximate surface area is 74.7 Å². The molecule has 1 rings (SSSR count). The second-order valence-electron chi connectivity index (χ2n) is 3.90. The molecule has 0 aromatic rings. The van der Waals surface area contributed by atoms with Gasteiger partial charge in [0.15, 0.2) is 0 Å². The first-order chi connectivity index (χ1) is 5.68. The summed E-state index contributed by atoms with van der Waals surface area (Å²) in [6.07, 6.45) is 2.09. The van der Waals surface area contributed by atoms with Crippen LogP contribution in [0.2, 0.25) is 0 Å². The minimum atomic E-state index is 0.145. The third-order valence-electron chi connectivity index (χ3n) is 2.44. The van der Waals surface area contributed by atoms with Gasteiger partial charge in [0.25, 0.3) is 0 Å². The van der Waals surface area contributed by atoms with Gasteiger partial charge in [-0.2, -0.15) is 0 Å². The molecule has 1 saturated heterocycles. The lowest BCUT2D eigenvalue weighted by Gasteiger charge is -2.38. The average Bonchev–Trinajstić information content (AvgIpc) is 2.05. The molecule has 1 heterocycles. The van der Waals surface area contributed by atoms with E-state index in [9.17, 15) is 0 Å². The van der Waals surface area contributed by atoms with Crippen molar-refractivity contribution in [2.24, 2.45) is 5.73 Å². The van der Waals surface area contributed by atoms with Gasteiger partial charge in [0.05, 0.1) is 0 Å². The van der Waals surface area contributed by atoms with Crippen LogP contribution in [0.25, 0.3) is 0 Å².